The molecular weight excluding hydrogens is 552 g/mol. The highest BCUT2D eigenvalue weighted by Crippen LogP contribution is 2.45. The molecule has 0 bridgehead atoms. The van der Waals surface area contributed by atoms with E-state index in [9.17, 15) is 31.1 Å². The molecule has 8 nitrogen and oxygen atoms in total. The lowest BCUT2D eigenvalue weighted by molar-refractivity contribution is -0.140. The van der Waals surface area contributed by atoms with Crippen molar-refractivity contribution < 1.29 is 31.1 Å². The lowest BCUT2D eigenvalue weighted by Gasteiger charge is -2.23. The van der Waals surface area contributed by atoms with Gasteiger partial charge >= 0.3 is 6.18 Å². The molecule has 4 heterocycles. The third-order valence-electron chi connectivity index (χ3n) is 6.93. The van der Waals surface area contributed by atoms with E-state index in [4.69, 9.17) is 5.73 Å². The van der Waals surface area contributed by atoms with Gasteiger partial charge in [0.2, 0.25) is 5.91 Å². The van der Waals surface area contributed by atoms with Crippen LogP contribution < -0.4 is 11.1 Å². The maximum atomic E-state index is 13.9. The van der Waals surface area contributed by atoms with E-state index in [0.717, 1.165) is 22.7 Å². The smallest absolute Gasteiger partial charge is 0.383 e. The minimum Gasteiger partial charge on any atom is -0.383 e. The number of benzene rings is 2. The predicted octanol–water partition coefficient (Wildman–Crippen LogP) is 5.05. The Balaban J connectivity index is 1.49. The molecule has 0 fully saturated rings. The number of anilines is 2. The highest BCUT2D eigenvalue weighted by molar-refractivity contribution is 6.09. The van der Waals surface area contributed by atoms with Crippen LogP contribution in [-0.4, -0.2) is 30.2 Å². The van der Waals surface area contributed by atoms with Gasteiger partial charge in [-0.05, 0) is 42.3 Å². The Morgan fingerprint density at radius 2 is 1.68 bits per heavy atom. The molecule has 0 aliphatic carbocycles. The van der Waals surface area contributed by atoms with E-state index in [2.05, 4.69) is 25.3 Å². The monoisotopic (exact) mass is 569 g/mol. The number of carbonyl (C=O) groups excluding carboxylic acids is 1. The van der Waals surface area contributed by atoms with Crippen LogP contribution in [0.4, 0.5) is 38.0 Å². The summed E-state index contributed by atoms with van der Waals surface area (Å²) in [5.41, 5.74) is 4.44. The minimum absolute atomic E-state index is 0.00753. The molecule has 0 saturated carbocycles. The summed E-state index contributed by atoms with van der Waals surface area (Å²) in [6.45, 7) is 1.58. The maximum Gasteiger partial charge on any atom is 0.434 e. The third kappa shape index (κ3) is 4.31. The number of nitrogens with two attached hydrogens (primary N) is 1. The van der Waals surface area contributed by atoms with Crippen molar-refractivity contribution >= 4 is 23.2 Å². The lowest BCUT2D eigenvalue weighted by Crippen LogP contribution is -2.33. The molecule has 14 heteroatoms. The summed E-state index contributed by atoms with van der Waals surface area (Å²) in [7, 11) is 0. The zero-order valence-corrected chi connectivity index (χ0v) is 20.9. The van der Waals surface area contributed by atoms with E-state index in [0.29, 0.717) is 5.56 Å². The van der Waals surface area contributed by atoms with Crippen molar-refractivity contribution in [2.75, 3.05) is 11.1 Å². The summed E-state index contributed by atoms with van der Waals surface area (Å²) in [5, 5.41) is 2.64. The number of imidazole rings is 1. The number of halogens is 6. The molecule has 1 aliphatic heterocycles. The summed E-state index contributed by atoms with van der Waals surface area (Å²) in [6.07, 6.45) is -3.01. The Labute approximate surface area is 226 Å². The molecule has 1 atom stereocenters. The van der Waals surface area contributed by atoms with Gasteiger partial charge in [-0.15, -0.1) is 0 Å². The highest BCUT2D eigenvalue weighted by Gasteiger charge is 2.47. The standard InChI is InChI=1S/C27H17F6N7O/c1-26(13-3-5-14(28)6-4-13)20-21(34)37-22(38-23(20)39-25(26)41)18-10-40-11-19(27(31,32)33)36-24(40)17(35-18)9-12-2-7-15(29)16(30)8-12/h2-8,10-11H,9H2,1H3,(H3,34,37,38,39,41). The molecule has 6 rings (SSSR count). The molecule has 3 aromatic heterocycles. The van der Waals surface area contributed by atoms with Crippen molar-refractivity contribution in [3.63, 3.8) is 0 Å². The first-order valence-electron chi connectivity index (χ1n) is 12.0. The molecule has 0 radical (unpaired) electrons. The van der Waals surface area contributed by atoms with Crippen LogP contribution in [0.2, 0.25) is 0 Å². The summed E-state index contributed by atoms with van der Waals surface area (Å²) >= 11 is 0. The molecule has 41 heavy (non-hydrogen) atoms. The van der Waals surface area contributed by atoms with Crippen molar-refractivity contribution in [3.05, 3.63) is 100 Å². The summed E-state index contributed by atoms with van der Waals surface area (Å²) in [4.78, 5) is 29.8. The summed E-state index contributed by atoms with van der Waals surface area (Å²) < 4.78 is 82.4. The van der Waals surface area contributed by atoms with Gasteiger partial charge in [0.25, 0.3) is 0 Å². The predicted molar refractivity (Wildman–Crippen MR) is 134 cm³/mol. The number of amides is 1. The lowest BCUT2D eigenvalue weighted by atomic mass is 9.78. The number of hydrogen-bond acceptors (Lipinski definition) is 6. The number of rotatable bonds is 4. The van der Waals surface area contributed by atoms with Gasteiger partial charge in [-0.2, -0.15) is 13.2 Å². The number of nitrogens with zero attached hydrogens (tertiary/aromatic N) is 5. The van der Waals surface area contributed by atoms with Crippen LogP contribution >= 0.6 is 0 Å². The van der Waals surface area contributed by atoms with E-state index in [-0.39, 0.29) is 52.0 Å². The molecule has 1 aliphatic rings. The molecule has 0 saturated heterocycles. The first kappa shape index (κ1) is 26.2. The molecule has 3 N–H and O–H groups in total. The van der Waals surface area contributed by atoms with Crippen molar-refractivity contribution in [1.29, 1.82) is 0 Å². The third-order valence-corrected chi connectivity index (χ3v) is 6.93. The second-order valence-corrected chi connectivity index (χ2v) is 9.59. The fourth-order valence-electron chi connectivity index (χ4n) is 4.85. The Hall–Kier alpha value is -5.01. The van der Waals surface area contributed by atoms with Gasteiger partial charge in [0.05, 0.1) is 11.3 Å². The number of hydrogen-bond donors (Lipinski definition) is 2. The Kier molecular flexibility index (Phi) is 5.76. The number of alkyl halides is 3. The van der Waals surface area contributed by atoms with Crippen molar-refractivity contribution in [2.45, 2.75) is 24.9 Å². The number of fused-ring (bicyclic) bond motifs is 2. The van der Waals surface area contributed by atoms with Crippen LogP contribution in [0.1, 0.15) is 35.0 Å². The number of nitrogen functional groups attached to an aromatic ring is 1. The summed E-state index contributed by atoms with van der Waals surface area (Å²) in [6, 6.07) is 8.35. The summed E-state index contributed by atoms with van der Waals surface area (Å²) in [5.74, 6) is -3.40. The van der Waals surface area contributed by atoms with Crippen molar-refractivity contribution in [2.24, 2.45) is 0 Å². The Bertz CT molecular complexity index is 1870. The Morgan fingerprint density at radius 1 is 0.951 bits per heavy atom. The van der Waals surface area contributed by atoms with E-state index >= 15 is 0 Å². The van der Waals surface area contributed by atoms with Gasteiger partial charge in [0, 0.05) is 18.8 Å². The zero-order valence-electron chi connectivity index (χ0n) is 20.9. The second-order valence-electron chi connectivity index (χ2n) is 9.59. The van der Waals surface area contributed by atoms with Gasteiger partial charge in [-0.3, -0.25) is 4.79 Å². The topological polar surface area (TPSA) is 111 Å². The first-order valence-corrected chi connectivity index (χ1v) is 12.0. The molecule has 1 amide bonds. The highest BCUT2D eigenvalue weighted by atomic mass is 19.4. The van der Waals surface area contributed by atoms with Gasteiger partial charge in [-0.25, -0.2) is 33.1 Å². The van der Waals surface area contributed by atoms with Crippen LogP contribution in [0.25, 0.3) is 17.2 Å². The van der Waals surface area contributed by atoms with E-state index in [1.165, 1.54) is 36.5 Å². The molecule has 0 spiro atoms. The van der Waals surface area contributed by atoms with Gasteiger partial charge in [0.1, 0.15) is 28.6 Å². The van der Waals surface area contributed by atoms with Crippen LogP contribution in [0, 0.1) is 17.5 Å². The molecule has 2 aromatic carbocycles. The van der Waals surface area contributed by atoms with Crippen LogP contribution in [0.15, 0.2) is 54.9 Å². The molecular formula is C27H17F6N7O. The van der Waals surface area contributed by atoms with E-state index in [1.54, 1.807) is 6.92 Å². The largest absolute Gasteiger partial charge is 0.434 e. The van der Waals surface area contributed by atoms with Crippen LogP contribution in [0.3, 0.4) is 0 Å². The zero-order chi connectivity index (χ0) is 29.3. The Morgan fingerprint density at radius 3 is 2.37 bits per heavy atom. The maximum absolute atomic E-state index is 13.9. The first-order chi connectivity index (χ1) is 19.3. The average Bonchev–Trinajstić information content (AvgIpc) is 3.46. The minimum atomic E-state index is -4.77. The molecule has 1 unspecified atom stereocenters. The van der Waals surface area contributed by atoms with Gasteiger partial charge < -0.3 is 15.5 Å². The fraction of sp³-hybridized carbons (Fsp3) is 0.148. The second kappa shape index (κ2) is 9.01. The van der Waals surface area contributed by atoms with Gasteiger partial charge in [0.15, 0.2) is 28.8 Å². The van der Waals surface area contributed by atoms with Crippen LogP contribution in [-0.2, 0) is 22.8 Å². The number of nitrogens with one attached hydrogen (secondary N) is 1. The quantitative estimate of drug-likeness (QED) is 0.293. The van der Waals surface area contributed by atoms with E-state index in [1.807, 2.05) is 0 Å². The number of aromatic nitrogens is 5. The molecule has 5 aromatic rings. The van der Waals surface area contributed by atoms with Crippen molar-refractivity contribution in [3.8, 4) is 11.5 Å². The van der Waals surface area contributed by atoms with Crippen molar-refractivity contribution in [1.82, 2.24) is 24.3 Å². The number of carbonyl (C=O) groups is 1. The molecule has 208 valence electrons. The van der Waals surface area contributed by atoms with E-state index < -0.39 is 40.6 Å². The SMILES string of the molecule is CC1(c2ccc(F)cc2)C(=O)Nc2nc(-c3cn4cc(C(F)(F)F)nc4c(Cc4ccc(F)c(F)c4)n3)nc(N)c21. The fourth-order valence-corrected chi connectivity index (χ4v) is 4.85. The van der Waals surface area contributed by atoms with Crippen LogP contribution in [0.5, 0.6) is 0 Å². The van der Waals surface area contributed by atoms with Gasteiger partial charge in [-0.1, -0.05) is 18.2 Å². The normalized spacial score (nSPS) is 16.7. The average molecular weight is 569 g/mol.